The van der Waals surface area contributed by atoms with Gasteiger partial charge in [-0.1, -0.05) is 18.2 Å². The van der Waals surface area contributed by atoms with E-state index >= 15 is 0 Å². The minimum Gasteiger partial charge on any atom is -0.463 e. The lowest BCUT2D eigenvalue weighted by Gasteiger charge is -2.13. The summed E-state index contributed by atoms with van der Waals surface area (Å²) in [5.74, 6) is -0.625. The van der Waals surface area contributed by atoms with E-state index < -0.39 is 11.6 Å². The van der Waals surface area contributed by atoms with Crippen LogP contribution in [0.4, 0.5) is 0 Å². The number of hydrogen-bond acceptors (Lipinski definition) is 6. The Labute approximate surface area is 168 Å². The normalized spacial score (nSPS) is 10.9. The third-order valence-electron chi connectivity index (χ3n) is 4.31. The lowest BCUT2D eigenvalue weighted by atomic mass is 10.0. The molecular weight excluding hydrogens is 372 g/mol. The van der Waals surface area contributed by atoms with Crippen molar-refractivity contribution in [3.05, 3.63) is 75.6 Å². The average Bonchev–Trinajstić information content (AvgIpc) is 2.66. The maximum Gasteiger partial charge on any atom is 0.343 e. The first-order valence-electron chi connectivity index (χ1n) is 9.37. The molecule has 0 aliphatic heterocycles. The minimum absolute atomic E-state index is 0.134. The summed E-state index contributed by atoms with van der Waals surface area (Å²) in [5.41, 5.74) is 1.62. The zero-order chi connectivity index (χ0) is 21.0. The molecule has 1 aromatic heterocycles. The average molecular weight is 394 g/mol. The SMILES string of the molecule is Cc1cc(=O)oc2cc(OC(=O)c3ccccc3)c(CCC(=O)OC(C)C)cc12. The fourth-order valence-electron chi connectivity index (χ4n) is 2.97. The molecule has 2 aromatic carbocycles. The molecule has 3 aromatic rings. The quantitative estimate of drug-likeness (QED) is 0.354. The van der Waals surface area contributed by atoms with Gasteiger partial charge in [-0.15, -0.1) is 0 Å². The molecule has 0 fully saturated rings. The Morgan fingerprint density at radius 2 is 1.79 bits per heavy atom. The maximum absolute atomic E-state index is 12.5. The van der Waals surface area contributed by atoms with E-state index in [1.165, 1.54) is 12.1 Å². The summed E-state index contributed by atoms with van der Waals surface area (Å²) in [7, 11) is 0. The van der Waals surface area contributed by atoms with E-state index in [1.807, 2.05) is 0 Å². The summed E-state index contributed by atoms with van der Waals surface area (Å²) >= 11 is 0. The maximum atomic E-state index is 12.5. The molecule has 29 heavy (non-hydrogen) atoms. The van der Waals surface area contributed by atoms with E-state index in [1.54, 1.807) is 57.2 Å². The Hall–Kier alpha value is -3.41. The second-order valence-corrected chi connectivity index (χ2v) is 7.00. The Balaban J connectivity index is 1.97. The van der Waals surface area contributed by atoms with Crippen molar-refractivity contribution in [2.45, 2.75) is 39.7 Å². The van der Waals surface area contributed by atoms with Crippen LogP contribution in [0.1, 0.15) is 41.8 Å². The molecule has 6 nitrogen and oxygen atoms in total. The van der Waals surface area contributed by atoms with Gasteiger partial charge in [0.05, 0.1) is 11.7 Å². The van der Waals surface area contributed by atoms with Crippen molar-refractivity contribution in [1.29, 1.82) is 0 Å². The van der Waals surface area contributed by atoms with E-state index in [-0.39, 0.29) is 24.2 Å². The fraction of sp³-hybridized carbons (Fsp3) is 0.261. The second kappa shape index (κ2) is 8.73. The molecule has 0 aliphatic rings. The number of esters is 2. The monoisotopic (exact) mass is 394 g/mol. The first-order chi connectivity index (χ1) is 13.8. The topological polar surface area (TPSA) is 82.8 Å². The number of carbonyl (C=O) groups is 2. The van der Waals surface area contributed by atoms with Gasteiger partial charge in [0, 0.05) is 23.9 Å². The number of benzene rings is 2. The number of carbonyl (C=O) groups excluding carboxylic acids is 2. The van der Waals surface area contributed by atoms with Gasteiger partial charge in [0.15, 0.2) is 0 Å². The van der Waals surface area contributed by atoms with Crippen LogP contribution in [-0.2, 0) is 16.0 Å². The van der Waals surface area contributed by atoms with Crippen LogP contribution >= 0.6 is 0 Å². The van der Waals surface area contributed by atoms with Crippen molar-refractivity contribution in [3.8, 4) is 5.75 Å². The van der Waals surface area contributed by atoms with Gasteiger partial charge in [-0.3, -0.25) is 4.79 Å². The van der Waals surface area contributed by atoms with E-state index in [0.717, 1.165) is 10.9 Å². The third kappa shape index (κ3) is 5.10. The van der Waals surface area contributed by atoms with Gasteiger partial charge < -0.3 is 13.9 Å². The summed E-state index contributed by atoms with van der Waals surface area (Å²) < 4.78 is 16.0. The highest BCUT2D eigenvalue weighted by molar-refractivity contribution is 5.92. The van der Waals surface area contributed by atoms with Crippen molar-refractivity contribution in [1.82, 2.24) is 0 Å². The molecule has 0 spiro atoms. The highest BCUT2D eigenvalue weighted by atomic mass is 16.5. The molecule has 6 heteroatoms. The van der Waals surface area contributed by atoms with Gasteiger partial charge in [-0.25, -0.2) is 9.59 Å². The molecular formula is C23H22O6. The van der Waals surface area contributed by atoms with Crippen LogP contribution in [0.15, 0.2) is 57.7 Å². The van der Waals surface area contributed by atoms with Crippen molar-refractivity contribution >= 4 is 22.9 Å². The molecule has 0 saturated carbocycles. The van der Waals surface area contributed by atoms with Crippen LogP contribution in [0, 0.1) is 6.92 Å². The summed E-state index contributed by atoms with van der Waals surface area (Å²) in [6.45, 7) is 5.37. The first-order valence-corrected chi connectivity index (χ1v) is 9.37. The Bertz CT molecular complexity index is 1100. The zero-order valence-corrected chi connectivity index (χ0v) is 16.6. The molecule has 3 rings (SSSR count). The summed E-state index contributed by atoms with van der Waals surface area (Å²) in [6, 6.07) is 13.3. The van der Waals surface area contributed by atoms with Crippen molar-refractivity contribution in [2.24, 2.45) is 0 Å². The number of hydrogen-bond donors (Lipinski definition) is 0. The largest absolute Gasteiger partial charge is 0.463 e. The second-order valence-electron chi connectivity index (χ2n) is 7.00. The molecule has 150 valence electrons. The van der Waals surface area contributed by atoms with E-state index in [2.05, 4.69) is 0 Å². The Morgan fingerprint density at radius 1 is 1.07 bits per heavy atom. The van der Waals surface area contributed by atoms with Crippen molar-refractivity contribution in [3.63, 3.8) is 0 Å². The van der Waals surface area contributed by atoms with Crippen molar-refractivity contribution < 1.29 is 23.5 Å². The highest BCUT2D eigenvalue weighted by Crippen LogP contribution is 2.29. The van der Waals surface area contributed by atoms with Gasteiger partial charge in [0.1, 0.15) is 11.3 Å². The lowest BCUT2D eigenvalue weighted by molar-refractivity contribution is -0.147. The van der Waals surface area contributed by atoms with Gasteiger partial charge in [-0.2, -0.15) is 0 Å². The number of rotatable bonds is 6. The number of ether oxygens (including phenoxy) is 2. The number of aryl methyl sites for hydroxylation is 2. The summed E-state index contributed by atoms with van der Waals surface area (Å²) in [6.07, 6.45) is 0.248. The van der Waals surface area contributed by atoms with Crippen molar-refractivity contribution in [2.75, 3.05) is 0 Å². The smallest absolute Gasteiger partial charge is 0.343 e. The van der Waals surface area contributed by atoms with Crippen LogP contribution in [0.25, 0.3) is 11.0 Å². The first kappa shape index (κ1) is 20.3. The van der Waals surface area contributed by atoms with E-state index in [0.29, 0.717) is 23.1 Å². The molecule has 0 N–H and O–H groups in total. The highest BCUT2D eigenvalue weighted by Gasteiger charge is 2.16. The van der Waals surface area contributed by atoms with Gasteiger partial charge in [0.25, 0.3) is 0 Å². The lowest BCUT2D eigenvalue weighted by Crippen LogP contribution is -2.13. The standard InChI is InChI=1S/C23H22O6/c1-14(2)27-21(24)10-9-17-12-18-15(3)11-22(25)28-20(18)13-19(17)29-23(26)16-7-5-4-6-8-16/h4-8,11-14H,9-10H2,1-3H3. The molecule has 0 atom stereocenters. The zero-order valence-electron chi connectivity index (χ0n) is 16.6. The minimum atomic E-state index is -0.536. The van der Waals surface area contributed by atoms with Gasteiger partial charge in [0.2, 0.25) is 0 Å². The van der Waals surface area contributed by atoms with Crippen LogP contribution in [0.3, 0.4) is 0 Å². The summed E-state index contributed by atoms with van der Waals surface area (Å²) in [4.78, 5) is 36.2. The predicted octanol–water partition coefficient (Wildman–Crippen LogP) is 4.20. The molecule has 0 aliphatic carbocycles. The third-order valence-corrected chi connectivity index (χ3v) is 4.31. The van der Waals surface area contributed by atoms with Gasteiger partial charge >= 0.3 is 17.6 Å². The molecule has 0 amide bonds. The van der Waals surface area contributed by atoms with E-state index in [4.69, 9.17) is 13.9 Å². The van der Waals surface area contributed by atoms with Crippen LogP contribution < -0.4 is 10.4 Å². The molecule has 0 unspecified atom stereocenters. The van der Waals surface area contributed by atoms with Crippen LogP contribution in [-0.4, -0.2) is 18.0 Å². The molecule has 1 heterocycles. The Kier molecular flexibility index (Phi) is 6.12. The molecule has 0 bridgehead atoms. The Morgan fingerprint density at radius 3 is 2.48 bits per heavy atom. The predicted molar refractivity (Wildman–Crippen MR) is 108 cm³/mol. The van der Waals surface area contributed by atoms with Crippen LogP contribution in [0.5, 0.6) is 5.75 Å². The van der Waals surface area contributed by atoms with Gasteiger partial charge in [-0.05, 0) is 56.5 Å². The van der Waals surface area contributed by atoms with Crippen LogP contribution in [0.2, 0.25) is 0 Å². The molecule has 0 radical (unpaired) electrons. The van der Waals surface area contributed by atoms with E-state index in [9.17, 15) is 14.4 Å². The molecule has 0 saturated heterocycles. The number of fused-ring (bicyclic) bond motifs is 1. The fourth-order valence-corrected chi connectivity index (χ4v) is 2.97. The summed E-state index contributed by atoms with van der Waals surface area (Å²) in [5, 5.41) is 0.719.